The van der Waals surface area contributed by atoms with E-state index in [1.807, 2.05) is 0 Å². The highest BCUT2D eigenvalue weighted by atomic mass is 35.5. The average molecular weight is 457 g/mol. The van der Waals surface area contributed by atoms with Crippen molar-refractivity contribution in [1.82, 2.24) is 10.2 Å². The van der Waals surface area contributed by atoms with Gasteiger partial charge in [-0.15, -0.1) is 24.8 Å². The predicted molar refractivity (Wildman–Crippen MR) is 114 cm³/mol. The first-order valence-corrected chi connectivity index (χ1v) is 11.3. The molecular weight excluding hydrogens is 426 g/mol. The highest BCUT2D eigenvalue weighted by Crippen LogP contribution is 2.29. The number of rotatable bonds is 5. The van der Waals surface area contributed by atoms with E-state index in [1.54, 1.807) is 0 Å². The second-order valence-electron chi connectivity index (χ2n) is 7.70. The number of ether oxygens (including phenoxy) is 1. The summed E-state index contributed by atoms with van der Waals surface area (Å²) < 4.78 is 42.7. The van der Waals surface area contributed by atoms with E-state index in [9.17, 15) is 12.8 Å². The predicted octanol–water partition coefficient (Wildman–Crippen LogP) is 3.30. The Morgan fingerprint density at radius 1 is 1.21 bits per heavy atom. The summed E-state index contributed by atoms with van der Waals surface area (Å²) in [5.41, 5.74) is 0. The zero-order valence-corrected chi connectivity index (χ0v) is 18.8. The van der Waals surface area contributed by atoms with Crippen LogP contribution >= 0.6 is 24.8 Å². The zero-order valence-electron chi connectivity index (χ0n) is 16.4. The first kappa shape index (κ1) is 25.4. The third kappa shape index (κ3) is 6.73. The molecule has 0 amide bonds. The fraction of sp³-hybridized carbons (Fsp3) is 0.684. The Morgan fingerprint density at radius 3 is 2.46 bits per heavy atom. The van der Waals surface area contributed by atoms with E-state index in [0.717, 1.165) is 57.6 Å². The van der Waals surface area contributed by atoms with E-state index in [2.05, 4.69) is 17.1 Å². The van der Waals surface area contributed by atoms with Crippen molar-refractivity contribution in [2.75, 3.05) is 32.5 Å². The molecule has 0 spiro atoms. The van der Waals surface area contributed by atoms with Gasteiger partial charge in [0.25, 0.3) is 0 Å². The van der Waals surface area contributed by atoms with Crippen LogP contribution in [0.2, 0.25) is 0 Å². The van der Waals surface area contributed by atoms with E-state index >= 15 is 0 Å². The molecule has 28 heavy (non-hydrogen) atoms. The maximum Gasteiger partial charge on any atom is 0.175 e. The number of halogens is 3. The fourth-order valence-electron chi connectivity index (χ4n) is 4.01. The van der Waals surface area contributed by atoms with Crippen LogP contribution in [0.1, 0.15) is 32.6 Å². The largest absolute Gasteiger partial charge is 0.490 e. The maximum atomic E-state index is 14.1. The molecule has 1 saturated heterocycles. The standard InChI is InChI=1S/C19H29FN2O3S.2ClH/c1-14-12-22(10-9-21-14)16-5-3-15(4-6-16)13-25-19-8-7-17(11-18(19)20)26(2,23)24;;/h7-8,11,14-16,21H,3-6,9-10,12-13H2,1-2H3;2*1H/t14-,15-,16-;;/m0../s1. The Morgan fingerprint density at radius 2 is 1.89 bits per heavy atom. The Hall–Kier alpha value is -0.600. The Balaban J connectivity index is 0.00000196. The van der Waals surface area contributed by atoms with Crippen molar-refractivity contribution < 1.29 is 17.5 Å². The molecule has 1 aliphatic carbocycles. The topological polar surface area (TPSA) is 58.6 Å². The summed E-state index contributed by atoms with van der Waals surface area (Å²) in [6.45, 7) is 6.01. The lowest BCUT2D eigenvalue weighted by Crippen LogP contribution is -2.53. The summed E-state index contributed by atoms with van der Waals surface area (Å²) >= 11 is 0. The second-order valence-corrected chi connectivity index (χ2v) is 9.72. The van der Waals surface area contributed by atoms with E-state index in [-0.39, 0.29) is 35.5 Å². The number of hydrogen-bond acceptors (Lipinski definition) is 5. The van der Waals surface area contributed by atoms with Crippen molar-refractivity contribution in [3.63, 3.8) is 0 Å². The van der Waals surface area contributed by atoms with Gasteiger partial charge in [-0.3, -0.25) is 4.90 Å². The van der Waals surface area contributed by atoms with Gasteiger partial charge in [0.15, 0.2) is 21.4 Å². The lowest BCUT2D eigenvalue weighted by atomic mass is 9.85. The summed E-state index contributed by atoms with van der Waals surface area (Å²) in [5.74, 6) is -0.0487. The number of sulfone groups is 1. The molecule has 2 aliphatic rings. The molecule has 1 N–H and O–H groups in total. The molecule has 1 saturated carbocycles. The first-order chi connectivity index (χ1) is 12.3. The van der Waals surface area contributed by atoms with Crippen LogP contribution in [0.4, 0.5) is 4.39 Å². The minimum Gasteiger partial charge on any atom is -0.490 e. The van der Waals surface area contributed by atoms with E-state index < -0.39 is 15.7 Å². The lowest BCUT2D eigenvalue weighted by molar-refractivity contribution is 0.0923. The minimum atomic E-state index is -3.40. The number of nitrogens with one attached hydrogen (secondary N) is 1. The number of nitrogens with zero attached hydrogens (tertiary/aromatic N) is 1. The smallest absolute Gasteiger partial charge is 0.175 e. The van der Waals surface area contributed by atoms with Gasteiger partial charge in [0.05, 0.1) is 11.5 Å². The van der Waals surface area contributed by atoms with Crippen LogP contribution in [0.5, 0.6) is 5.75 Å². The SMILES string of the molecule is C[C@H]1CN([C@H]2CC[C@H](COc3ccc(S(C)(=O)=O)cc3F)CC2)CCN1.Cl.Cl. The normalized spacial score (nSPS) is 26.0. The average Bonchev–Trinajstić information content (AvgIpc) is 2.60. The molecule has 1 atom stereocenters. The van der Waals surface area contributed by atoms with Crippen molar-refractivity contribution in [2.45, 2.75) is 49.6 Å². The number of piperazine rings is 1. The molecule has 5 nitrogen and oxygen atoms in total. The Bertz CT molecular complexity index is 728. The van der Waals surface area contributed by atoms with Crippen LogP contribution in [0.25, 0.3) is 0 Å². The first-order valence-electron chi connectivity index (χ1n) is 9.43. The van der Waals surface area contributed by atoms with Gasteiger partial charge in [-0.2, -0.15) is 0 Å². The zero-order chi connectivity index (χ0) is 18.7. The van der Waals surface area contributed by atoms with Gasteiger partial charge in [-0.05, 0) is 56.7 Å². The van der Waals surface area contributed by atoms with E-state index in [1.165, 1.54) is 12.1 Å². The van der Waals surface area contributed by atoms with Crippen LogP contribution in [-0.4, -0.2) is 57.9 Å². The van der Waals surface area contributed by atoms with Crippen LogP contribution < -0.4 is 10.1 Å². The van der Waals surface area contributed by atoms with Crippen LogP contribution in [0, 0.1) is 11.7 Å². The quantitative estimate of drug-likeness (QED) is 0.736. The minimum absolute atomic E-state index is 0. The van der Waals surface area contributed by atoms with Gasteiger partial charge in [-0.25, -0.2) is 12.8 Å². The molecule has 1 aromatic rings. The van der Waals surface area contributed by atoms with Crippen molar-refractivity contribution >= 4 is 34.7 Å². The van der Waals surface area contributed by atoms with Gasteiger partial charge >= 0.3 is 0 Å². The highest BCUT2D eigenvalue weighted by molar-refractivity contribution is 7.90. The van der Waals surface area contributed by atoms with E-state index in [4.69, 9.17) is 4.74 Å². The summed E-state index contributed by atoms with van der Waals surface area (Å²) in [7, 11) is -3.40. The van der Waals surface area contributed by atoms with Crippen molar-refractivity contribution in [1.29, 1.82) is 0 Å². The summed E-state index contributed by atoms with van der Waals surface area (Å²) in [6, 6.07) is 5.06. The van der Waals surface area contributed by atoms with Crippen LogP contribution in [0.15, 0.2) is 23.1 Å². The maximum absolute atomic E-state index is 14.1. The lowest BCUT2D eigenvalue weighted by Gasteiger charge is -2.41. The molecule has 0 radical (unpaired) electrons. The molecule has 0 unspecified atom stereocenters. The molecule has 9 heteroatoms. The van der Waals surface area contributed by atoms with Gasteiger partial charge in [0.1, 0.15) is 0 Å². The molecule has 3 rings (SSSR count). The Labute approximate surface area is 180 Å². The third-order valence-electron chi connectivity index (χ3n) is 5.54. The molecule has 1 aromatic carbocycles. The monoisotopic (exact) mass is 456 g/mol. The van der Waals surface area contributed by atoms with Gasteiger partial charge in [0, 0.05) is 38.0 Å². The number of benzene rings is 1. The molecule has 0 aromatic heterocycles. The summed E-state index contributed by atoms with van der Waals surface area (Å²) in [5, 5.41) is 3.48. The third-order valence-corrected chi connectivity index (χ3v) is 6.65. The molecule has 2 fully saturated rings. The molecule has 1 heterocycles. The molecule has 162 valence electrons. The second kappa shape index (κ2) is 11.0. The van der Waals surface area contributed by atoms with Crippen molar-refractivity contribution in [3.8, 4) is 5.75 Å². The van der Waals surface area contributed by atoms with Gasteiger partial charge in [0.2, 0.25) is 0 Å². The van der Waals surface area contributed by atoms with Crippen molar-refractivity contribution in [2.24, 2.45) is 5.92 Å². The highest BCUT2D eigenvalue weighted by Gasteiger charge is 2.28. The summed E-state index contributed by atoms with van der Waals surface area (Å²) in [6.07, 6.45) is 5.57. The number of hydrogen-bond donors (Lipinski definition) is 1. The van der Waals surface area contributed by atoms with Gasteiger partial charge < -0.3 is 10.1 Å². The van der Waals surface area contributed by atoms with Crippen LogP contribution in [0.3, 0.4) is 0 Å². The Kier molecular flexibility index (Phi) is 9.97. The van der Waals surface area contributed by atoms with Crippen LogP contribution in [-0.2, 0) is 9.84 Å². The van der Waals surface area contributed by atoms with Crippen molar-refractivity contribution in [3.05, 3.63) is 24.0 Å². The van der Waals surface area contributed by atoms with E-state index in [0.29, 0.717) is 24.6 Å². The molecule has 1 aliphatic heterocycles. The summed E-state index contributed by atoms with van der Waals surface area (Å²) in [4.78, 5) is 2.58. The molecule has 0 bridgehead atoms. The fourth-order valence-corrected chi connectivity index (χ4v) is 4.64. The molecular formula is C19H31Cl2FN2O3S. The van der Waals surface area contributed by atoms with Gasteiger partial charge in [-0.1, -0.05) is 0 Å².